The van der Waals surface area contributed by atoms with Crippen LogP contribution in [0, 0.1) is 0 Å². The molecule has 3 rings (SSSR count). The third-order valence-electron chi connectivity index (χ3n) is 2.75. The van der Waals surface area contributed by atoms with Gasteiger partial charge in [-0.3, -0.25) is 0 Å². The minimum absolute atomic E-state index is 0.0216. The summed E-state index contributed by atoms with van der Waals surface area (Å²) in [6.45, 7) is 0.778. The van der Waals surface area contributed by atoms with Crippen LogP contribution in [-0.4, -0.2) is 16.7 Å². The number of hydrogen-bond acceptors (Lipinski definition) is 4. The van der Waals surface area contributed by atoms with Gasteiger partial charge in [0.25, 0.3) is 5.89 Å². The summed E-state index contributed by atoms with van der Waals surface area (Å²) in [5.41, 5.74) is 0.946. The van der Waals surface area contributed by atoms with Crippen molar-refractivity contribution in [2.45, 2.75) is 18.9 Å². The van der Waals surface area contributed by atoms with Crippen LogP contribution in [0.15, 0.2) is 33.3 Å². The fourth-order valence-corrected chi connectivity index (χ4v) is 2.12. The minimum Gasteiger partial charge on any atom is -0.368 e. The van der Waals surface area contributed by atoms with Crippen LogP contribution in [0.5, 0.6) is 0 Å². The summed E-state index contributed by atoms with van der Waals surface area (Å²) in [6, 6.07) is 7.82. The first kappa shape index (κ1) is 10.9. The van der Waals surface area contributed by atoms with Crippen LogP contribution >= 0.6 is 15.9 Å². The zero-order chi connectivity index (χ0) is 11.7. The SMILES string of the molecule is Brc1ccc(-c2noc(C3CCCO3)n2)cc1. The normalized spacial score (nSPS) is 19.7. The Labute approximate surface area is 107 Å². The lowest BCUT2D eigenvalue weighted by Crippen LogP contribution is -1.95. The van der Waals surface area contributed by atoms with Crippen molar-refractivity contribution in [1.29, 1.82) is 0 Å². The van der Waals surface area contributed by atoms with Crippen LogP contribution in [0.25, 0.3) is 11.4 Å². The first-order valence-electron chi connectivity index (χ1n) is 5.54. The van der Waals surface area contributed by atoms with E-state index in [0.29, 0.717) is 11.7 Å². The van der Waals surface area contributed by atoms with Gasteiger partial charge in [0.2, 0.25) is 5.82 Å². The number of nitrogens with zero attached hydrogens (tertiary/aromatic N) is 2. The predicted molar refractivity (Wildman–Crippen MR) is 65.4 cm³/mol. The summed E-state index contributed by atoms with van der Waals surface area (Å²) in [5, 5.41) is 3.98. The molecule has 1 aliphatic heterocycles. The summed E-state index contributed by atoms with van der Waals surface area (Å²) >= 11 is 3.39. The molecule has 1 aromatic carbocycles. The lowest BCUT2D eigenvalue weighted by Gasteiger charge is -2.00. The molecular formula is C12H11BrN2O2. The molecule has 0 aliphatic carbocycles. The van der Waals surface area contributed by atoms with Gasteiger partial charge in [-0.2, -0.15) is 4.98 Å². The van der Waals surface area contributed by atoms with Crippen molar-refractivity contribution in [2.75, 3.05) is 6.61 Å². The predicted octanol–water partition coefficient (Wildman–Crippen LogP) is 3.35. The second kappa shape index (κ2) is 4.58. The van der Waals surface area contributed by atoms with E-state index >= 15 is 0 Å². The molecule has 2 heterocycles. The second-order valence-electron chi connectivity index (χ2n) is 3.96. The maximum Gasteiger partial charge on any atom is 0.256 e. The van der Waals surface area contributed by atoms with Crippen molar-refractivity contribution >= 4 is 15.9 Å². The fraction of sp³-hybridized carbons (Fsp3) is 0.333. The molecule has 4 nitrogen and oxygen atoms in total. The summed E-state index contributed by atoms with van der Waals surface area (Å²) in [6.07, 6.45) is 1.99. The fourth-order valence-electron chi connectivity index (χ4n) is 1.85. The van der Waals surface area contributed by atoms with E-state index in [9.17, 15) is 0 Å². The Morgan fingerprint density at radius 1 is 1.24 bits per heavy atom. The van der Waals surface area contributed by atoms with Crippen LogP contribution in [0.2, 0.25) is 0 Å². The zero-order valence-corrected chi connectivity index (χ0v) is 10.7. The Morgan fingerprint density at radius 3 is 2.76 bits per heavy atom. The molecule has 0 bridgehead atoms. The average Bonchev–Trinajstić information content (AvgIpc) is 3.00. The van der Waals surface area contributed by atoms with E-state index in [1.165, 1.54) is 0 Å². The largest absolute Gasteiger partial charge is 0.368 e. The molecule has 0 radical (unpaired) electrons. The molecule has 17 heavy (non-hydrogen) atoms. The summed E-state index contributed by atoms with van der Waals surface area (Å²) in [4.78, 5) is 4.37. The van der Waals surface area contributed by atoms with Crippen molar-refractivity contribution < 1.29 is 9.26 Å². The van der Waals surface area contributed by atoms with E-state index in [4.69, 9.17) is 9.26 Å². The monoisotopic (exact) mass is 294 g/mol. The minimum atomic E-state index is -0.0216. The first-order valence-corrected chi connectivity index (χ1v) is 6.33. The van der Waals surface area contributed by atoms with Crippen LogP contribution in [-0.2, 0) is 4.74 Å². The van der Waals surface area contributed by atoms with Gasteiger partial charge in [0.15, 0.2) is 0 Å². The molecule has 1 aliphatic rings. The topological polar surface area (TPSA) is 48.2 Å². The molecule has 1 unspecified atom stereocenters. The number of ether oxygens (including phenoxy) is 1. The van der Waals surface area contributed by atoms with E-state index in [0.717, 1.165) is 29.5 Å². The second-order valence-corrected chi connectivity index (χ2v) is 4.88. The number of benzene rings is 1. The molecule has 88 valence electrons. The maximum atomic E-state index is 5.50. The van der Waals surface area contributed by atoms with E-state index in [2.05, 4.69) is 26.1 Å². The highest BCUT2D eigenvalue weighted by molar-refractivity contribution is 9.10. The average molecular weight is 295 g/mol. The maximum absolute atomic E-state index is 5.50. The zero-order valence-electron chi connectivity index (χ0n) is 9.10. The number of rotatable bonds is 2. The van der Waals surface area contributed by atoms with E-state index in [1.54, 1.807) is 0 Å². The molecule has 1 saturated heterocycles. The Balaban J connectivity index is 1.86. The van der Waals surface area contributed by atoms with Gasteiger partial charge in [-0.1, -0.05) is 21.1 Å². The smallest absolute Gasteiger partial charge is 0.256 e. The number of halogens is 1. The molecule has 1 fully saturated rings. The Morgan fingerprint density at radius 2 is 2.06 bits per heavy atom. The highest BCUT2D eigenvalue weighted by Crippen LogP contribution is 2.28. The van der Waals surface area contributed by atoms with Gasteiger partial charge in [-0.25, -0.2) is 0 Å². The van der Waals surface area contributed by atoms with Gasteiger partial charge < -0.3 is 9.26 Å². The molecule has 0 amide bonds. The van der Waals surface area contributed by atoms with Crippen molar-refractivity contribution in [3.05, 3.63) is 34.6 Å². The van der Waals surface area contributed by atoms with Gasteiger partial charge in [0.05, 0.1) is 0 Å². The molecule has 0 N–H and O–H groups in total. The van der Waals surface area contributed by atoms with Crippen molar-refractivity contribution in [3.8, 4) is 11.4 Å². The van der Waals surface area contributed by atoms with Crippen molar-refractivity contribution in [1.82, 2.24) is 10.1 Å². The van der Waals surface area contributed by atoms with Crippen LogP contribution in [0.4, 0.5) is 0 Å². The van der Waals surface area contributed by atoms with Gasteiger partial charge >= 0.3 is 0 Å². The van der Waals surface area contributed by atoms with E-state index in [-0.39, 0.29) is 6.10 Å². The summed E-state index contributed by atoms with van der Waals surface area (Å²) < 4.78 is 11.8. The molecule has 5 heteroatoms. The third-order valence-corrected chi connectivity index (χ3v) is 3.28. The van der Waals surface area contributed by atoms with Gasteiger partial charge in [0.1, 0.15) is 6.10 Å². The van der Waals surface area contributed by atoms with E-state index < -0.39 is 0 Å². The first-order chi connectivity index (χ1) is 8.33. The summed E-state index contributed by atoms with van der Waals surface area (Å²) in [7, 11) is 0. The Bertz CT molecular complexity index is 503. The quantitative estimate of drug-likeness (QED) is 0.852. The highest BCUT2D eigenvalue weighted by Gasteiger charge is 2.24. The Kier molecular flexibility index (Phi) is 2.94. The van der Waals surface area contributed by atoms with Crippen LogP contribution in [0.3, 0.4) is 0 Å². The highest BCUT2D eigenvalue weighted by atomic mass is 79.9. The molecule has 1 atom stereocenters. The molecule has 0 spiro atoms. The van der Waals surface area contributed by atoms with E-state index in [1.807, 2.05) is 24.3 Å². The number of aromatic nitrogens is 2. The number of hydrogen-bond donors (Lipinski definition) is 0. The lowest BCUT2D eigenvalue weighted by atomic mass is 10.2. The lowest BCUT2D eigenvalue weighted by molar-refractivity contribution is 0.0835. The van der Waals surface area contributed by atoms with Crippen molar-refractivity contribution in [2.24, 2.45) is 0 Å². The molecule has 0 saturated carbocycles. The molecule has 2 aromatic rings. The van der Waals surface area contributed by atoms with Crippen LogP contribution in [0.1, 0.15) is 24.8 Å². The summed E-state index contributed by atoms with van der Waals surface area (Å²) in [5.74, 6) is 1.20. The van der Waals surface area contributed by atoms with Gasteiger partial charge in [0, 0.05) is 16.6 Å². The van der Waals surface area contributed by atoms with Gasteiger partial charge in [-0.15, -0.1) is 0 Å². The van der Waals surface area contributed by atoms with Crippen LogP contribution < -0.4 is 0 Å². The third kappa shape index (κ3) is 2.25. The molecule has 1 aromatic heterocycles. The molecular weight excluding hydrogens is 284 g/mol. The Hall–Kier alpha value is -1.20. The van der Waals surface area contributed by atoms with Gasteiger partial charge in [-0.05, 0) is 37.1 Å². The standard InChI is InChI=1S/C12H11BrN2O2/c13-9-5-3-8(4-6-9)11-14-12(17-15-11)10-2-1-7-16-10/h3-6,10H,1-2,7H2. The van der Waals surface area contributed by atoms with Crippen molar-refractivity contribution in [3.63, 3.8) is 0 Å².